The van der Waals surface area contributed by atoms with Crippen LogP contribution in [0, 0.1) is 27.7 Å². The molecule has 0 heterocycles. The molecule has 0 spiro atoms. The van der Waals surface area contributed by atoms with Gasteiger partial charge in [0.15, 0.2) is 0 Å². The van der Waals surface area contributed by atoms with Gasteiger partial charge in [-0.15, -0.1) is 0 Å². The van der Waals surface area contributed by atoms with Gasteiger partial charge in [-0.25, -0.2) is 0 Å². The summed E-state index contributed by atoms with van der Waals surface area (Å²) in [5.74, 6) is 0.603. The summed E-state index contributed by atoms with van der Waals surface area (Å²) in [6.45, 7) is 7.97. The molecule has 1 atom stereocenters. The molecule has 112 valence electrons. The first-order valence-electron chi connectivity index (χ1n) is 6.63. The van der Waals surface area contributed by atoms with Gasteiger partial charge in [0.05, 0.1) is 0 Å². The second-order valence-corrected chi connectivity index (χ2v) is 10.9. The second kappa shape index (κ2) is 8.34. The van der Waals surface area contributed by atoms with E-state index in [1.54, 1.807) is 0 Å². The van der Waals surface area contributed by atoms with Gasteiger partial charge >= 0.3 is 29.6 Å². The smallest absolute Gasteiger partial charge is 0.783 e. The van der Waals surface area contributed by atoms with E-state index in [1.807, 2.05) is 64.1 Å². The molecule has 0 aliphatic rings. The summed E-state index contributed by atoms with van der Waals surface area (Å²) in [7, 11) is 0. The molecule has 2 aromatic rings. The molecular formula is C16H18NaO2PS2. The average Bonchev–Trinajstić information content (AvgIpc) is 2.40. The van der Waals surface area contributed by atoms with Crippen LogP contribution in [0.5, 0.6) is 5.75 Å². The third-order valence-corrected chi connectivity index (χ3v) is 7.19. The molecule has 6 heteroatoms. The van der Waals surface area contributed by atoms with Crippen molar-refractivity contribution < 1.29 is 39.0 Å². The molecule has 0 fully saturated rings. The van der Waals surface area contributed by atoms with E-state index in [0.29, 0.717) is 5.75 Å². The fourth-order valence-corrected chi connectivity index (χ4v) is 5.69. The van der Waals surface area contributed by atoms with Gasteiger partial charge in [0.2, 0.25) is 0 Å². The van der Waals surface area contributed by atoms with Crippen LogP contribution >= 0.6 is 17.1 Å². The first-order chi connectivity index (χ1) is 9.80. The van der Waals surface area contributed by atoms with Crippen LogP contribution in [0.2, 0.25) is 0 Å². The molecule has 0 saturated carbocycles. The fraction of sp³-hybridized carbons (Fsp3) is 0.250. The molecule has 2 nitrogen and oxygen atoms in total. The summed E-state index contributed by atoms with van der Waals surface area (Å²) in [5, 5.41) is 0. The van der Waals surface area contributed by atoms with Crippen molar-refractivity contribution in [3.8, 4) is 5.75 Å². The first kappa shape index (κ1) is 20.2. The minimum atomic E-state index is -3.23. The summed E-state index contributed by atoms with van der Waals surface area (Å²) >= 11 is 6.35. The largest absolute Gasteiger partial charge is 1.00 e. The van der Waals surface area contributed by atoms with E-state index in [9.17, 15) is 4.89 Å². The Hall–Kier alpha value is 0.200. The van der Waals surface area contributed by atoms with Crippen molar-refractivity contribution >= 4 is 28.9 Å². The third-order valence-electron chi connectivity index (χ3n) is 3.53. The summed E-state index contributed by atoms with van der Waals surface area (Å²) < 4.78 is 5.65. The van der Waals surface area contributed by atoms with Crippen LogP contribution in [0.15, 0.2) is 41.3 Å². The Balaban J connectivity index is 0.00000242. The Morgan fingerprint density at radius 1 is 0.955 bits per heavy atom. The molecule has 0 aromatic heterocycles. The van der Waals surface area contributed by atoms with Gasteiger partial charge in [0.25, 0.3) is 0 Å². The van der Waals surface area contributed by atoms with E-state index in [2.05, 4.69) is 0 Å². The van der Waals surface area contributed by atoms with Crippen molar-refractivity contribution in [3.63, 3.8) is 0 Å². The van der Waals surface area contributed by atoms with Gasteiger partial charge in [-0.2, -0.15) is 0 Å². The monoisotopic (exact) mass is 360 g/mol. The Morgan fingerprint density at radius 3 is 2.14 bits per heavy atom. The number of rotatable bonds is 4. The van der Waals surface area contributed by atoms with E-state index < -0.39 is 5.69 Å². The number of hydrogen-bond donors (Lipinski definition) is 0. The van der Waals surface area contributed by atoms with E-state index in [1.165, 1.54) is 0 Å². The molecule has 0 N–H and O–H groups in total. The average molecular weight is 360 g/mol. The standard InChI is InChI=1S/C16H19O2PS2.Na/c1-11-7-5-9-15(13(11)3)18-19(17,20)21-16-10-6-8-12(2)14(16)4;/h5-10H,1-4H3,(H,17,20);/q;+1/p-1. The Labute approximate surface area is 163 Å². The predicted molar refractivity (Wildman–Crippen MR) is 92.6 cm³/mol. The van der Waals surface area contributed by atoms with Crippen molar-refractivity contribution in [2.45, 2.75) is 32.6 Å². The molecule has 1 unspecified atom stereocenters. The van der Waals surface area contributed by atoms with Crippen LogP contribution in [-0.2, 0) is 11.8 Å². The molecule has 0 bridgehead atoms. The van der Waals surface area contributed by atoms with Crippen molar-refractivity contribution in [2.24, 2.45) is 0 Å². The third kappa shape index (κ3) is 5.10. The zero-order chi connectivity index (χ0) is 15.6. The Morgan fingerprint density at radius 2 is 1.50 bits per heavy atom. The molecule has 0 aliphatic heterocycles. The van der Waals surface area contributed by atoms with Crippen LogP contribution in [0.3, 0.4) is 0 Å². The Kier molecular flexibility index (Phi) is 7.68. The summed E-state index contributed by atoms with van der Waals surface area (Å²) in [5.41, 5.74) is 1.09. The molecule has 2 aromatic carbocycles. The maximum Gasteiger partial charge on any atom is 1.00 e. The second-order valence-electron chi connectivity index (χ2n) is 5.03. The van der Waals surface area contributed by atoms with E-state index >= 15 is 0 Å². The molecule has 0 radical (unpaired) electrons. The molecule has 0 aliphatic carbocycles. The van der Waals surface area contributed by atoms with Crippen molar-refractivity contribution in [2.75, 3.05) is 0 Å². The van der Waals surface area contributed by atoms with Crippen LogP contribution in [0.25, 0.3) is 0 Å². The van der Waals surface area contributed by atoms with Crippen molar-refractivity contribution in [1.29, 1.82) is 0 Å². The van der Waals surface area contributed by atoms with Gasteiger partial charge in [0, 0.05) is 4.90 Å². The topological polar surface area (TPSA) is 32.3 Å². The van der Waals surface area contributed by atoms with Gasteiger partial charge in [-0.3, -0.25) is 0 Å². The van der Waals surface area contributed by atoms with Crippen LogP contribution in [-0.4, -0.2) is 0 Å². The van der Waals surface area contributed by atoms with E-state index in [0.717, 1.165) is 38.5 Å². The first-order valence-corrected chi connectivity index (χ1v) is 10.7. The molecular weight excluding hydrogens is 342 g/mol. The predicted octanol–water partition coefficient (Wildman–Crippen LogP) is 1.68. The molecule has 0 amide bonds. The Bertz CT molecular complexity index is 662. The number of aryl methyl sites for hydroxylation is 2. The number of benzene rings is 2. The zero-order valence-corrected chi connectivity index (χ0v) is 18.1. The minimum absolute atomic E-state index is 0. The number of hydrogen-bond acceptors (Lipinski definition) is 4. The van der Waals surface area contributed by atoms with E-state index in [4.69, 9.17) is 16.3 Å². The minimum Gasteiger partial charge on any atom is -0.783 e. The van der Waals surface area contributed by atoms with Crippen molar-refractivity contribution in [3.05, 3.63) is 58.7 Å². The van der Waals surface area contributed by atoms with Crippen molar-refractivity contribution in [1.82, 2.24) is 0 Å². The summed E-state index contributed by atoms with van der Waals surface area (Å²) in [4.78, 5) is 13.6. The van der Waals surface area contributed by atoms with Crippen LogP contribution in [0.4, 0.5) is 0 Å². The van der Waals surface area contributed by atoms with E-state index in [-0.39, 0.29) is 29.6 Å². The van der Waals surface area contributed by atoms with Gasteiger partial charge in [-0.1, -0.05) is 47.5 Å². The molecule has 0 saturated heterocycles. The maximum absolute atomic E-state index is 12.6. The summed E-state index contributed by atoms with van der Waals surface area (Å²) in [6, 6.07) is 11.6. The fourth-order valence-electron chi connectivity index (χ4n) is 1.91. The normalized spacial score (nSPS) is 13.1. The van der Waals surface area contributed by atoms with Crippen LogP contribution < -0.4 is 39.0 Å². The summed E-state index contributed by atoms with van der Waals surface area (Å²) in [6.07, 6.45) is 0. The van der Waals surface area contributed by atoms with Crippen LogP contribution in [0.1, 0.15) is 22.3 Å². The zero-order valence-electron chi connectivity index (χ0n) is 13.5. The SMILES string of the molecule is Cc1cccc(OP([O-])(=S)Sc2cccc(C)c2C)c1C.[Na+]. The van der Waals surface area contributed by atoms with Gasteiger partial charge in [0.1, 0.15) is 11.4 Å². The quantitative estimate of drug-likeness (QED) is 0.614. The maximum atomic E-state index is 12.6. The van der Waals surface area contributed by atoms with Gasteiger partial charge in [-0.05, 0) is 62.1 Å². The molecule has 2 rings (SSSR count). The molecule has 22 heavy (non-hydrogen) atoms. The van der Waals surface area contributed by atoms with Gasteiger partial charge < -0.3 is 9.42 Å².